The van der Waals surface area contributed by atoms with Crippen LogP contribution in [0.5, 0.6) is 0 Å². The summed E-state index contributed by atoms with van der Waals surface area (Å²) in [5, 5.41) is 3.44. The summed E-state index contributed by atoms with van der Waals surface area (Å²) in [5.74, 6) is 0.972. The summed E-state index contributed by atoms with van der Waals surface area (Å²) < 4.78 is 0. The van der Waals surface area contributed by atoms with Crippen molar-refractivity contribution in [2.24, 2.45) is 4.99 Å². The lowest BCUT2D eigenvalue weighted by Gasteiger charge is -2.28. The van der Waals surface area contributed by atoms with E-state index < -0.39 is 0 Å². The number of rotatable bonds is 2. The second-order valence-electron chi connectivity index (χ2n) is 4.32. The van der Waals surface area contributed by atoms with E-state index in [4.69, 9.17) is 23.2 Å². The summed E-state index contributed by atoms with van der Waals surface area (Å²) in [6.07, 6.45) is 0.773. The van der Waals surface area contributed by atoms with Crippen molar-refractivity contribution < 1.29 is 0 Å². The normalized spacial score (nSPS) is 24.1. The number of hydrogen-bond donors (Lipinski definition) is 1. The second-order valence-corrected chi connectivity index (χ2v) is 4.86. The summed E-state index contributed by atoms with van der Waals surface area (Å²) in [6.45, 7) is 2.09. The molecule has 16 heavy (non-hydrogen) atoms. The van der Waals surface area contributed by atoms with E-state index in [9.17, 15) is 0 Å². The van der Waals surface area contributed by atoms with Crippen molar-refractivity contribution >= 4 is 40.3 Å². The molecule has 0 fully saturated rings. The molecule has 0 saturated heterocycles. The maximum Gasteiger partial charge on any atom is 0.0861 e. The fraction of sp³-hybridized carbons (Fsp3) is 0.417. The van der Waals surface area contributed by atoms with Gasteiger partial charge in [0.1, 0.15) is 0 Å². The average molecular weight is 257 g/mol. The zero-order valence-electron chi connectivity index (χ0n) is 9.13. The number of halogens is 2. The quantitative estimate of drug-likeness (QED) is 0.800. The van der Waals surface area contributed by atoms with Gasteiger partial charge in [-0.25, -0.2) is 0 Å². The molecule has 1 unspecified atom stereocenters. The van der Waals surface area contributed by atoms with Crippen LogP contribution in [0.1, 0.15) is 13.3 Å². The molecule has 2 rings (SSSR count). The summed E-state index contributed by atoms with van der Waals surface area (Å²) in [5.41, 5.74) is 2.75. The lowest BCUT2D eigenvalue weighted by molar-refractivity contribution is 0.602. The number of nitrogens with one attached hydrogen (secondary N) is 1. The van der Waals surface area contributed by atoms with Crippen LogP contribution < -0.4 is 5.32 Å². The van der Waals surface area contributed by atoms with Crippen LogP contribution >= 0.6 is 23.2 Å². The fourth-order valence-electron chi connectivity index (χ4n) is 1.86. The van der Waals surface area contributed by atoms with Crippen molar-refractivity contribution in [1.29, 1.82) is 0 Å². The van der Waals surface area contributed by atoms with E-state index in [0.717, 1.165) is 23.5 Å². The summed E-state index contributed by atoms with van der Waals surface area (Å²) >= 11 is 11.9. The summed E-state index contributed by atoms with van der Waals surface area (Å²) in [7, 11) is 0. The zero-order chi connectivity index (χ0) is 11.6. The first kappa shape index (κ1) is 11.7. The second kappa shape index (κ2) is 4.64. The highest BCUT2D eigenvalue weighted by Gasteiger charge is 2.28. The van der Waals surface area contributed by atoms with Gasteiger partial charge in [0, 0.05) is 18.0 Å². The smallest absolute Gasteiger partial charge is 0.0861 e. The molecule has 0 aliphatic carbocycles. The van der Waals surface area contributed by atoms with E-state index in [-0.39, 0.29) is 5.54 Å². The van der Waals surface area contributed by atoms with Gasteiger partial charge in [-0.1, -0.05) is 12.1 Å². The van der Waals surface area contributed by atoms with Gasteiger partial charge >= 0.3 is 0 Å². The molecule has 1 aliphatic rings. The van der Waals surface area contributed by atoms with Crippen LogP contribution in [0.25, 0.3) is 0 Å². The molecule has 0 bridgehead atoms. The number of nitrogens with zero attached hydrogens (tertiary/aromatic N) is 1. The van der Waals surface area contributed by atoms with E-state index in [1.807, 2.05) is 24.3 Å². The van der Waals surface area contributed by atoms with E-state index in [2.05, 4.69) is 17.2 Å². The first-order valence-electron chi connectivity index (χ1n) is 5.22. The molecule has 0 radical (unpaired) electrons. The average Bonchev–Trinajstić information content (AvgIpc) is 2.45. The highest BCUT2D eigenvalue weighted by Crippen LogP contribution is 2.33. The third-order valence-electron chi connectivity index (χ3n) is 2.66. The van der Waals surface area contributed by atoms with Gasteiger partial charge in [0.05, 0.1) is 22.8 Å². The minimum Gasteiger partial charge on any atom is -0.377 e. The summed E-state index contributed by atoms with van der Waals surface area (Å²) in [4.78, 5) is 4.56. The predicted octanol–water partition coefficient (Wildman–Crippen LogP) is 3.81. The lowest BCUT2D eigenvalue weighted by atomic mass is 9.97. The van der Waals surface area contributed by atoms with Crippen molar-refractivity contribution in [3.8, 4) is 0 Å². The van der Waals surface area contributed by atoms with Crippen molar-refractivity contribution in [3.63, 3.8) is 0 Å². The third-order valence-corrected chi connectivity index (χ3v) is 3.56. The molecule has 0 saturated carbocycles. The first-order valence-corrected chi connectivity index (χ1v) is 6.29. The van der Waals surface area contributed by atoms with Gasteiger partial charge in [-0.2, -0.15) is 0 Å². The van der Waals surface area contributed by atoms with Gasteiger partial charge in [0.25, 0.3) is 0 Å². The topological polar surface area (TPSA) is 24.4 Å². The number of hydrogen-bond acceptors (Lipinski definition) is 2. The Labute approximate surface area is 106 Å². The van der Waals surface area contributed by atoms with Crippen LogP contribution in [0.2, 0.25) is 0 Å². The maximum absolute atomic E-state index is 6.02. The molecule has 1 aromatic rings. The predicted molar refractivity (Wildman–Crippen MR) is 71.6 cm³/mol. The third kappa shape index (κ3) is 2.33. The molecule has 0 spiro atoms. The lowest BCUT2D eigenvalue weighted by Crippen LogP contribution is -2.38. The van der Waals surface area contributed by atoms with Crippen molar-refractivity contribution in [3.05, 3.63) is 24.3 Å². The van der Waals surface area contributed by atoms with E-state index in [0.29, 0.717) is 11.8 Å². The molecular weight excluding hydrogens is 243 g/mol. The van der Waals surface area contributed by atoms with Crippen molar-refractivity contribution in [2.45, 2.75) is 18.9 Å². The Kier molecular flexibility index (Phi) is 3.41. The largest absolute Gasteiger partial charge is 0.377 e. The van der Waals surface area contributed by atoms with Crippen LogP contribution in [0, 0.1) is 0 Å². The van der Waals surface area contributed by atoms with Crippen LogP contribution in [-0.4, -0.2) is 23.0 Å². The van der Waals surface area contributed by atoms with Gasteiger partial charge < -0.3 is 5.32 Å². The number of anilines is 1. The Balaban J connectivity index is 2.45. The highest BCUT2D eigenvalue weighted by atomic mass is 35.5. The minimum absolute atomic E-state index is 0.179. The Morgan fingerprint density at radius 1 is 1.38 bits per heavy atom. The molecule has 1 atom stereocenters. The number of benzene rings is 1. The highest BCUT2D eigenvalue weighted by molar-refractivity contribution is 6.29. The fourth-order valence-corrected chi connectivity index (χ4v) is 2.18. The van der Waals surface area contributed by atoms with Gasteiger partial charge in [-0.05, 0) is 19.1 Å². The van der Waals surface area contributed by atoms with Gasteiger partial charge in [-0.15, -0.1) is 23.2 Å². The SMILES string of the molecule is CC1(CCl)CC(CCl)=Nc2ccccc2N1. The Morgan fingerprint density at radius 3 is 2.81 bits per heavy atom. The van der Waals surface area contributed by atoms with Gasteiger partial charge in [0.2, 0.25) is 0 Å². The molecular formula is C12H14Cl2N2. The molecule has 0 amide bonds. The molecule has 1 N–H and O–H groups in total. The molecule has 0 aromatic heterocycles. The minimum atomic E-state index is -0.179. The number of fused-ring (bicyclic) bond motifs is 1. The van der Waals surface area contributed by atoms with E-state index in [1.165, 1.54) is 0 Å². The zero-order valence-corrected chi connectivity index (χ0v) is 10.6. The van der Waals surface area contributed by atoms with Crippen molar-refractivity contribution in [1.82, 2.24) is 0 Å². The maximum atomic E-state index is 6.02. The van der Waals surface area contributed by atoms with Crippen LogP contribution in [0.3, 0.4) is 0 Å². The van der Waals surface area contributed by atoms with Crippen molar-refractivity contribution in [2.75, 3.05) is 17.1 Å². The van der Waals surface area contributed by atoms with Gasteiger partial charge in [0.15, 0.2) is 0 Å². The molecule has 4 heteroatoms. The van der Waals surface area contributed by atoms with Crippen LogP contribution in [0.15, 0.2) is 29.3 Å². The number of alkyl halides is 2. The summed E-state index contributed by atoms with van der Waals surface area (Å²) in [6, 6.07) is 7.95. The van der Waals surface area contributed by atoms with Gasteiger partial charge in [-0.3, -0.25) is 4.99 Å². The first-order chi connectivity index (χ1) is 7.67. The standard InChI is InChI=1S/C12H14Cl2N2/c1-12(8-14)6-9(7-13)15-10-4-2-3-5-11(10)16-12/h2-5,16H,6-8H2,1H3. The van der Waals surface area contributed by atoms with E-state index >= 15 is 0 Å². The molecule has 86 valence electrons. The van der Waals surface area contributed by atoms with Crippen LogP contribution in [0.4, 0.5) is 11.4 Å². The van der Waals surface area contributed by atoms with E-state index in [1.54, 1.807) is 0 Å². The monoisotopic (exact) mass is 256 g/mol. The molecule has 2 nitrogen and oxygen atoms in total. The molecule has 1 heterocycles. The Morgan fingerprint density at radius 2 is 2.12 bits per heavy atom. The molecule has 1 aromatic carbocycles. The number of aliphatic imine (C=N–C) groups is 1. The Hall–Kier alpha value is -0.730. The number of para-hydroxylation sites is 2. The van der Waals surface area contributed by atoms with Crippen LogP contribution in [-0.2, 0) is 0 Å². The molecule has 1 aliphatic heterocycles. The Bertz CT molecular complexity index is 417.